The van der Waals surface area contributed by atoms with Crippen molar-refractivity contribution in [1.82, 2.24) is 15.8 Å². The van der Waals surface area contributed by atoms with Crippen LogP contribution < -0.4 is 25.0 Å². The topological polar surface area (TPSA) is 288 Å². The van der Waals surface area contributed by atoms with Crippen LogP contribution in [0.15, 0.2) is 42.5 Å². The van der Waals surface area contributed by atoms with Gasteiger partial charge in [-0.25, -0.2) is 9.80 Å². The van der Waals surface area contributed by atoms with Gasteiger partial charge in [-0.3, -0.25) is 10.2 Å². The summed E-state index contributed by atoms with van der Waals surface area (Å²) < 4.78 is 40.7. The number of hydrazine groups is 1. The number of esters is 1. The SMILES string of the molecule is O=C(NCCNN1CCOCC1)c1ccc2c(c1)C(=O)OC21c2cc(Cl)c(O[C@@H]3OC(CO)[C@H](O)[C@H](O)C3O)cc2Oc2cc(O[C@H]3OC(CO)[C@@H](O)C(O)[C@@H]3O)c(Cl)cc21. The fourth-order valence-corrected chi connectivity index (χ4v) is 8.25. The smallest absolute Gasteiger partial charge is 0.340 e. The maximum absolute atomic E-state index is 13.9. The second-order valence-electron chi connectivity index (χ2n) is 14.9. The number of nitrogens with zero attached hydrogens (tertiary/aromatic N) is 1. The fourth-order valence-electron chi connectivity index (χ4n) is 7.84. The molecule has 5 unspecified atom stereocenters. The van der Waals surface area contributed by atoms with E-state index in [2.05, 4.69) is 10.7 Å². The summed E-state index contributed by atoms with van der Waals surface area (Å²) in [5.74, 6) is -1.69. The van der Waals surface area contributed by atoms with Crippen molar-refractivity contribution < 1.29 is 83.6 Å². The highest BCUT2D eigenvalue weighted by Gasteiger charge is 2.55. The van der Waals surface area contributed by atoms with Gasteiger partial charge in [-0.05, 0) is 24.3 Å². The highest BCUT2D eigenvalue weighted by Crippen LogP contribution is 2.59. The van der Waals surface area contributed by atoms with Gasteiger partial charge in [0, 0.05) is 60.6 Å². The highest BCUT2D eigenvalue weighted by atomic mass is 35.5. The lowest BCUT2D eigenvalue weighted by Gasteiger charge is -2.40. The van der Waals surface area contributed by atoms with Gasteiger partial charge < -0.3 is 79.3 Å². The zero-order chi connectivity index (χ0) is 43.3. The Morgan fingerprint density at radius 2 is 1.28 bits per heavy atom. The number of hydrogen-bond donors (Lipinski definition) is 10. The molecule has 20 nitrogen and oxygen atoms in total. The van der Waals surface area contributed by atoms with Crippen LogP contribution in [-0.2, 0) is 24.5 Å². The van der Waals surface area contributed by atoms with Crippen molar-refractivity contribution in [3.63, 3.8) is 0 Å². The lowest BCUT2D eigenvalue weighted by molar-refractivity contribution is -0.277. The van der Waals surface area contributed by atoms with Crippen LogP contribution in [0.4, 0.5) is 0 Å². The lowest BCUT2D eigenvalue weighted by Crippen LogP contribution is -2.60. The molecular formula is C39H43Cl2N3O17. The first-order valence-electron chi connectivity index (χ1n) is 19.3. The third-order valence-electron chi connectivity index (χ3n) is 11.1. The molecule has 0 radical (unpaired) electrons. The second kappa shape index (κ2) is 17.7. The van der Waals surface area contributed by atoms with E-state index in [1.54, 1.807) is 6.07 Å². The van der Waals surface area contributed by atoms with Crippen LogP contribution in [0.3, 0.4) is 0 Å². The number of hydrogen-bond acceptors (Lipinski definition) is 19. The predicted molar refractivity (Wildman–Crippen MR) is 206 cm³/mol. The molecule has 5 aliphatic heterocycles. The van der Waals surface area contributed by atoms with Crippen LogP contribution in [-0.4, -0.2) is 172 Å². The number of carbonyl (C=O) groups excluding carboxylic acids is 2. The monoisotopic (exact) mass is 895 g/mol. The zero-order valence-corrected chi connectivity index (χ0v) is 33.4. The summed E-state index contributed by atoms with van der Waals surface area (Å²) >= 11 is 13.6. The third-order valence-corrected chi connectivity index (χ3v) is 11.7. The van der Waals surface area contributed by atoms with Gasteiger partial charge >= 0.3 is 5.97 Å². The maximum Gasteiger partial charge on any atom is 0.340 e. The number of nitrogens with one attached hydrogen (secondary N) is 2. The molecule has 5 heterocycles. The molecule has 330 valence electrons. The molecule has 10 N–H and O–H groups in total. The van der Waals surface area contributed by atoms with Gasteiger partial charge in [-0.1, -0.05) is 29.3 Å². The number of benzene rings is 3. The van der Waals surface area contributed by atoms with E-state index < -0.39 is 92.1 Å². The molecule has 1 spiro atoms. The van der Waals surface area contributed by atoms with Crippen LogP contribution in [0, 0.1) is 0 Å². The number of fused-ring (bicyclic) bond motifs is 6. The molecule has 22 heteroatoms. The van der Waals surface area contributed by atoms with Gasteiger partial charge in [-0.15, -0.1) is 0 Å². The van der Waals surface area contributed by atoms with E-state index in [-0.39, 0.29) is 67.4 Å². The number of amides is 1. The molecule has 1 amide bonds. The second-order valence-corrected chi connectivity index (χ2v) is 15.7. The zero-order valence-electron chi connectivity index (χ0n) is 31.9. The van der Waals surface area contributed by atoms with E-state index in [1.807, 2.05) is 5.01 Å². The summed E-state index contributed by atoms with van der Waals surface area (Å²) in [7, 11) is 0. The van der Waals surface area contributed by atoms with E-state index in [9.17, 15) is 50.4 Å². The summed E-state index contributed by atoms with van der Waals surface area (Å²) in [6, 6.07) is 9.76. The molecule has 3 fully saturated rings. The number of ether oxygens (including phenoxy) is 7. The number of halogens is 2. The number of aliphatic hydroxyl groups excluding tert-OH is 8. The van der Waals surface area contributed by atoms with Crippen LogP contribution in [0.1, 0.15) is 37.4 Å². The average molecular weight is 897 g/mol. The van der Waals surface area contributed by atoms with E-state index >= 15 is 0 Å². The largest absolute Gasteiger partial charge is 0.460 e. The molecule has 8 rings (SSSR count). The lowest BCUT2D eigenvalue weighted by atomic mass is 9.77. The van der Waals surface area contributed by atoms with Crippen LogP contribution in [0.2, 0.25) is 10.0 Å². The summed E-state index contributed by atoms with van der Waals surface area (Å²) in [6.45, 7) is 1.88. The molecule has 0 saturated carbocycles. The number of rotatable bonds is 11. The van der Waals surface area contributed by atoms with Gasteiger partial charge in [0.2, 0.25) is 12.6 Å². The first-order valence-corrected chi connectivity index (χ1v) is 20.0. The molecule has 0 bridgehead atoms. The minimum atomic E-state index is -1.86. The molecular weight excluding hydrogens is 853 g/mol. The molecule has 0 aliphatic carbocycles. The first kappa shape index (κ1) is 43.7. The van der Waals surface area contributed by atoms with Crippen molar-refractivity contribution in [2.24, 2.45) is 0 Å². The summed E-state index contributed by atoms with van der Waals surface area (Å²) in [5.41, 5.74) is 2.12. The van der Waals surface area contributed by atoms with Crippen molar-refractivity contribution in [3.05, 3.63) is 80.3 Å². The fraction of sp³-hybridized carbons (Fsp3) is 0.487. The normalized spacial score (nSPS) is 32.0. The Bertz CT molecular complexity index is 2050. The quantitative estimate of drug-likeness (QED) is 0.0773. The Hall–Kier alpha value is -3.94. The van der Waals surface area contributed by atoms with Crippen molar-refractivity contribution in [2.75, 3.05) is 52.6 Å². The Kier molecular flexibility index (Phi) is 12.7. The molecule has 5 aliphatic rings. The van der Waals surface area contributed by atoms with Crippen LogP contribution in [0.5, 0.6) is 23.0 Å². The summed E-state index contributed by atoms with van der Waals surface area (Å²) in [6.07, 6.45) is -16.3. The molecule has 61 heavy (non-hydrogen) atoms. The summed E-state index contributed by atoms with van der Waals surface area (Å²) in [4.78, 5) is 27.3. The Morgan fingerprint density at radius 1 is 0.738 bits per heavy atom. The van der Waals surface area contributed by atoms with E-state index in [4.69, 9.17) is 56.4 Å². The predicted octanol–water partition coefficient (Wildman–Crippen LogP) is -1.51. The standard InChI is InChI=1S/C39H43Cl2N3O17/c40-21-10-19-23(12-25(21)57-37-33(51)31(49)29(47)27(14-45)59-37)56-24-13-26(58-38-34(52)32(50)30(48)28(15-46)60-38)22(41)11-20(24)39(19)18-2-1-16(9-17(18)36(54)61-39)35(53)42-3-4-43-44-5-7-55-8-6-44/h1-2,9-13,27-34,37-38,43,45-52H,3-8,14-15H2,(H,42,53)/t27?,28?,29-,30+,31-,32?,33?,34-,37+,38-,39?/m0/s1. The van der Waals surface area contributed by atoms with Gasteiger partial charge in [0.1, 0.15) is 71.8 Å². The Morgan fingerprint density at radius 3 is 1.80 bits per heavy atom. The molecule has 0 aromatic heterocycles. The van der Waals surface area contributed by atoms with Crippen LogP contribution in [0.25, 0.3) is 0 Å². The first-order chi connectivity index (χ1) is 29.2. The van der Waals surface area contributed by atoms with Gasteiger partial charge in [0.25, 0.3) is 5.91 Å². The minimum absolute atomic E-state index is 0.0217. The Balaban J connectivity index is 1.15. The molecule has 3 aromatic rings. The average Bonchev–Trinajstić information content (AvgIpc) is 3.55. The highest BCUT2D eigenvalue weighted by molar-refractivity contribution is 6.32. The van der Waals surface area contributed by atoms with E-state index in [0.29, 0.717) is 32.8 Å². The van der Waals surface area contributed by atoms with Crippen molar-refractivity contribution in [2.45, 2.75) is 67.0 Å². The van der Waals surface area contributed by atoms with Crippen molar-refractivity contribution >= 4 is 35.1 Å². The number of morpholine rings is 1. The van der Waals surface area contributed by atoms with Crippen molar-refractivity contribution in [3.8, 4) is 23.0 Å². The number of carbonyl (C=O) groups is 2. The van der Waals surface area contributed by atoms with E-state index in [0.717, 1.165) is 0 Å². The summed E-state index contributed by atoms with van der Waals surface area (Å²) in [5, 5.41) is 86.7. The van der Waals surface area contributed by atoms with Gasteiger partial charge in [-0.2, -0.15) is 0 Å². The minimum Gasteiger partial charge on any atom is -0.460 e. The van der Waals surface area contributed by atoms with Crippen molar-refractivity contribution in [1.29, 1.82) is 0 Å². The third kappa shape index (κ3) is 8.01. The van der Waals surface area contributed by atoms with Crippen LogP contribution >= 0.6 is 23.2 Å². The van der Waals surface area contributed by atoms with Gasteiger partial charge in [0.05, 0.1) is 42.0 Å². The van der Waals surface area contributed by atoms with Gasteiger partial charge in [0.15, 0.2) is 5.60 Å². The number of aliphatic hydroxyl groups is 8. The maximum atomic E-state index is 13.9. The molecule has 3 aromatic carbocycles. The molecule has 3 saturated heterocycles. The molecule has 11 atom stereocenters. The Labute approximate surface area is 356 Å². The van der Waals surface area contributed by atoms with E-state index in [1.165, 1.54) is 36.4 Å².